The number of carboxylic acid groups (broad SMARTS) is 2. The van der Waals surface area contributed by atoms with Gasteiger partial charge in [-0.15, -0.1) is 11.3 Å². The van der Waals surface area contributed by atoms with Crippen molar-refractivity contribution >= 4 is 29.2 Å². The summed E-state index contributed by atoms with van der Waals surface area (Å²) in [6.45, 7) is 2.38. The zero-order valence-electron chi connectivity index (χ0n) is 19.3. The Hall–Kier alpha value is -3.31. The first kappa shape index (κ1) is 30.9. The van der Waals surface area contributed by atoms with E-state index in [2.05, 4.69) is 20.2 Å². The SMILES string of the molecule is O=C(N[C@H]1CN(Cc2nccs2)[C@@H]2CCCO[C@H]12)c1cccnc1.O=C(O)C(F)(F)F.O=C(O)C(F)(F)F. The Kier molecular flexibility index (Phi) is 11.0. The van der Waals surface area contributed by atoms with Crippen LogP contribution in [0.4, 0.5) is 26.3 Å². The minimum Gasteiger partial charge on any atom is -0.475 e. The van der Waals surface area contributed by atoms with Crippen LogP contribution in [-0.4, -0.2) is 86.6 Å². The molecule has 0 aromatic carbocycles. The highest BCUT2D eigenvalue weighted by atomic mass is 32.1. The van der Waals surface area contributed by atoms with Crippen molar-refractivity contribution in [3.05, 3.63) is 46.7 Å². The molecule has 2 aromatic rings. The summed E-state index contributed by atoms with van der Waals surface area (Å²) in [5.74, 6) is -5.60. The fraction of sp³-hybridized carbons (Fsp3) is 0.476. The molecule has 0 saturated carbocycles. The van der Waals surface area contributed by atoms with Crippen molar-refractivity contribution in [1.29, 1.82) is 0 Å². The van der Waals surface area contributed by atoms with Gasteiger partial charge in [0.1, 0.15) is 5.01 Å². The smallest absolute Gasteiger partial charge is 0.475 e. The number of carbonyl (C=O) groups is 3. The van der Waals surface area contributed by atoms with E-state index in [4.69, 9.17) is 24.5 Å². The predicted octanol–water partition coefficient (Wildman–Crippen LogP) is 2.97. The van der Waals surface area contributed by atoms with Crippen LogP contribution >= 0.6 is 11.3 Å². The Labute approximate surface area is 215 Å². The van der Waals surface area contributed by atoms with Gasteiger partial charge in [0.25, 0.3) is 5.91 Å². The lowest BCUT2D eigenvalue weighted by atomic mass is 10.0. The third-order valence-corrected chi connectivity index (χ3v) is 5.94. The number of hydrogen-bond donors (Lipinski definition) is 3. The van der Waals surface area contributed by atoms with Crippen molar-refractivity contribution in [2.75, 3.05) is 13.2 Å². The van der Waals surface area contributed by atoms with Crippen LogP contribution in [0.25, 0.3) is 0 Å². The maximum absolute atomic E-state index is 12.5. The van der Waals surface area contributed by atoms with Gasteiger partial charge in [0, 0.05) is 43.2 Å². The molecule has 10 nitrogen and oxygen atoms in total. The molecule has 210 valence electrons. The summed E-state index contributed by atoms with van der Waals surface area (Å²) in [6, 6.07) is 3.91. The molecular formula is C21H22F6N4O6S. The summed E-state index contributed by atoms with van der Waals surface area (Å²) in [7, 11) is 0. The molecule has 0 aliphatic carbocycles. The third-order valence-electron chi connectivity index (χ3n) is 5.18. The Morgan fingerprint density at radius 3 is 2.24 bits per heavy atom. The second-order valence-electron chi connectivity index (χ2n) is 7.83. The number of ether oxygens (including phenoxy) is 1. The quantitative estimate of drug-likeness (QED) is 0.472. The maximum Gasteiger partial charge on any atom is 0.490 e. The molecule has 0 unspecified atom stereocenters. The molecule has 2 aromatic heterocycles. The molecule has 0 bridgehead atoms. The largest absolute Gasteiger partial charge is 0.490 e. The number of carbonyl (C=O) groups excluding carboxylic acids is 1. The maximum atomic E-state index is 12.5. The highest BCUT2D eigenvalue weighted by Crippen LogP contribution is 2.30. The monoisotopic (exact) mass is 572 g/mol. The third kappa shape index (κ3) is 9.53. The lowest BCUT2D eigenvalue weighted by Crippen LogP contribution is -2.47. The highest BCUT2D eigenvalue weighted by Gasteiger charge is 2.44. The molecule has 0 radical (unpaired) electrons. The van der Waals surface area contributed by atoms with Gasteiger partial charge >= 0.3 is 24.3 Å². The number of carboxylic acids is 2. The summed E-state index contributed by atoms with van der Waals surface area (Å²) in [5, 5.41) is 20.5. The van der Waals surface area contributed by atoms with Crippen LogP contribution in [0.2, 0.25) is 0 Å². The number of pyridine rings is 1. The average Bonchev–Trinajstić information content (AvgIpc) is 3.48. The van der Waals surface area contributed by atoms with Gasteiger partial charge in [-0.25, -0.2) is 14.6 Å². The zero-order chi connectivity index (χ0) is 28.5. The number of fused-ring (bicyclic) bond motifs is 1. The van der Waals surface area contributed by atoms with E-state index in [9.17, 15) is 31.1 Å². The number of halogens is 6. The molecule has 4 heterocycles. The molecule has 3 N–H and O–H groups in total. The second kappa shape index (κ2) is 13.5. The number of rotatable bonds is 4. The van der Waals surface area contributed by atoms with Gasteiger partial charge in [0.05, 0.1) is 24.3 Å². The van der Waals surface area contributed by atoms with Gasteiger partial charge in [-0.1, -0.05) is 0 Å². The molecule has 2 aliphatic heterocycles. The zero-order valence-corrected chi connectivity index (χ0v) is 20.1. The van der Waals surface area contributed by atoms with Crippen molar-refractivity contribution in [2.24, 2.45) is 0 Å². The average molecular weight is 572 g/mol. The standard InChI is InChI=1S/C17H20N4O2S.2C2HF3O2/c22-17(12-3-1-5-18-9-12)20-13-10-21(11-15-19-6-8-24-15)14-4-2-7-23-16(13)14;2*3-2(4,5)1(6)7/h1,3,5-6,8-9,13-14,16H,2,4,7,10-11H2,(H,20,22);2*(H,6,7)/t13-,14+,16+;;/m0../s1. The number of amides is 1. The van der Waals surface area contributed by atoms with Gasteiger partial charge in [-0.2, -0.15) is 26.3 Å². The number of aromatic nitrogens is 2. The number of thiazole rings is 1. The summed E-state index contributed by atoms with van der Waals surface area (Å²) < 4.78 is 69.5. The minimum absolute atomic E-state index is 0.00275. The molecule has 2 aliphatic rings. The second-order valence-corrected chi connectivity index (χ2v) is 8.81. The van der Waals surface area contributed by atoms with Crippen LogP contribution < -0.4 is 5.32 Å². The number of hydrogen-bond acceptors (Lipinski definition) is 8. The molecule has 1 amide bonds. The first-order valence-corrected chi connectivity index (χ1v) is 11.6. The van der Waals surface area contributed by atoms with E-state index in [-0.39, 0.29) is 18.1 Å². The van der Waals surface area contributed by atoms with Crippen molar-refractivity contribution in [1.82, 2.24) is 20.2 Å². The summed E-state index contributed by atoms with van der Waals surface area (Å²) in [6.07, 6.45) is -2.83. The van der Waals surface area contributed by atoms with E-state index in [0.717, 1.165) is 37.5 Å². The van der Waals surface area contributed by atoms with Crippen molar-refractivity contribution in [3.63, 3.8) is 0 Å². The molecule has 0 spiro atoms. The highest BCUT2D eigenvalue weighted by molar-refractivity contribution is 7.09. The molecule has 38 heavy (non-hydrogen) atoms. The number of likely N-dealkylation sites (tertiary alicyclic amines) is 1. The van der Waals surface area contributed by atoms with Gasteiger partial charge in [-0.05, 0) is 25.0 Å². The van der Waals surface area contributed by atoms with Crippen molar-refractivity contribution in [2.45, 2.75) is 49.9 Å². The molecule has 2 fully saturated rings. The van der Waals surface area contributed by atoms with Crippen molar-refractivity contribution in [3.8, 4) is 0 Å². The van der Waals surface area contributed by atoms with Crippen LogP contribution in [0, 0.1) is 0 Å². The van der Waals surface area contributed by atoms with Gasteiger partial charge in [0.15, 0.2) is 0 Å². The summed E-state index contributed by atoms with van der Waals surface area (Å²) >= 11 is 1.67. The van der Waals surface area contributed by atoms with Crippen LogP contribution in [0.1, 0.15) is 28.2 Å². The Morgan fingerprint density at radius 1 is 1.11 bits per heavy atom. The van der Waals surface area contributed by atoms with Crippen molar-refractivity contribution < 1.29 is 55.7 Å². The molecule has 17 heteroatoms. The Morgan fingerprint density at radius 2 is 1.74 bits per heavy atom. The Balaban J connectivity index is 0.000000301. The molecule has 4 rings (SSSR count). The number of nitrogens with one attached hydrogen (secondary N) is 1. The predicted molar refractivity (Wildman–Crippen MR) is 118 cm³/mol. The lowest BCUT2D eigenvalue weighted by Gasteiger charge is -2.32. The molecule has 2 saturated heterocycles. The van der Waals surface area contributed by atoms with E-state index >= 15 is 0 Å². The molecular weight excluding hydrogens is 550 g/mol. The van der Waals surface area contributed by atoms with E-state index < -0.39 is 24.3 Å². The first-order chi connectivity index (χ1) is 17.7. The topological polar surface area (TPSA) is 142 Å². The van der Waals surface area contributed by atoms with Crippen LogP contribution in [0.15, 0.2) is 36.1 Å². The number of nitrogens with zero attached hydrogens (tertiary/aromatic N) is 3. The fourth-order valence-electron chi connectivity index (χ4n) is 3.62. The van der Waals surface area contributed by atoms with E-state index in [1.807, 2.05) is 11.6 Å². The summed E-state index contributed by atoms with van der Waals surface area (Å²) in [5.41, 5.74) is 0.586. The van der Waals surface area contributed by atoms with Gasteiger partial charge in [0.2, 0.25) is 0 Å². The fourth-order valence-corrected chi connectivity index (χ4v) is 4.26. The van der Waals surface area contributed by atoms with E-state index in [1.165, 1.54) is 0 Å². The van der Waals surface area contributed by atoms with Gasteiger partial charge < -0.3 is 20.3 Å². The minimum atomic E-state index is -5.08. The number of aliphatic carboxylic acids is 2. The van der Waals surface area contributed by atoms with E-state index in [1.54, 1.807) is 35.9 Å². The van der Waals surface area contributed by atoms with Crippen LogP contribution in [0.5, 0.6) is 0 Å². The van der Waals surface area contributed by atoms with E-state index in [0.29, 0.717) is 11.6 Å². The van der Waals surface area contributed by atoms with Crippen LogP contribution in [0.3, 0.4) is 0 Å². The molecule has 3 atom stereocenters. The number of alkyl halides is 6. The summed E-state index contributed by atoms with van der Waals surface area (Å²) in [4.78, 5) is 41.1. The lowest BCUT2D eigenvalue weighted by molar-refractivity contribution is -0.193. The first-order valence-electron chi connectivity index (χ1n) is 10.7. The van der Waals surface area contributed by atoms with Crippen LogP contribution in [-0.2, 0) is 20.9 Å². The Bertz CT molecular complexity index is 1030. The van der Waals surface area contributed by atoms with Gasteiger partial charge in [-0.3, -0.25) is 14.7 Å². The normalized spacial score (nSPS) is 21.2.